The summed E-state index contributed by atoms with van der Waals surface area (Å²) in [6.45, 7) is 2.05. The number of hydrogen-bond donors (Lipinski definition) is 1. The SMILES string of the molecule is Cc1ccc(CC(O)c2ncc(Br)cc2Br)cc1. The largest absolute Gasteiger partial charge is 0.386 e. The monoisotopic (exact) mass is 369 g/mol. The van der Waals surface area contributed by atoms with Crippen molar-refractivity contribution in [2.45, 2.75) is 19.4 Å². The van der Waals surface area contributed by atoms with Crippen LogP contribution >= 0.6 is 31.9 Å². The molecule has 0 aliphatic carbocycles. The number of halogens is 2. The Kier molecular flexibility index (Phi) is 4.54. The summed E-state index contributed by atoms with van der Waals surface area (Å²) in [5.41, 5.74) is 2.99. The number of hydrogen-bond acceptors (Lipinski definition) is 2. The van der Waals surface area contributed by atoms with Gasteiger partial charge in [-0.25, -0.2) is 0 Å². The van der Waals surface area contributed by atoms with Crippen LogP contribution in [0.15, 0.2) is 45.5 Å². The second kappa shape index (κ2) is 5.95. The summed E-state index contributed by atoms with van der Waals surface area (Å²) in [4.78, 5) is 4.25. The fourth-order valence-electron chi connectivity index (χ4n) is 1.71. The van der Waals surface area contributed by atoms with Gasteiger partial charge in [-0.3, -0.25) is 4.98 Å². The highest BCUT2D eigenvalue weighted by Crippen LogP contribution is 2.26. The third kappa shape index (κ3) is 3.40. The Labute approximate surface area is 123 Å². The van der Waals surface area contributed by atoms with Crippen LogP contribution in [0.4, 0.5) is 0 Å². The maximum atomic E-state index is 10.2. The topological polar surface area (TPSA) is 33.1 Å². The minimum absolute atomic E-state index is 0.563. The highest BCUT2D eigenvalue weighted by atomic mass is 79.9. The smallest absolute Gasteiger partial charge is 0.101 e. The minimum atomic E-state index is -0.602. The molecule has 18 heavy (non-hydrogen) atoms. The second-order valence-corrected chi connectivity index (χ2v) is 6.00. The van der Waals surface area contributed by atoms with E-state index in [0.717, 1.165) is 14.5 Å². The molecule has 0 amide bonds. The lowest BCUT2D eigenvalue weighted by Crippen LogP contribution is -2.05. The highest BCUT2D eigenvalue weighted by molar-refractivity contribution is 9.11. The lowest BCUT2D eigenvalue weighted by molar-refractivity contribution is 0.172. The predicted molar refractivity (Wildman–Crippen MR) is 79.5 cm³/mol. The summed E-state index contributed by atoms with van der Waals surface area (Å²) in [6.07, 6.45) is 1.65. The Bertz CT molecular complexity index is 540. The van der Waals surface area contributed by atoms with Gasteiger partial charge in [-0.15, -0.1) is 0 Å². The minimum Gasteiger partial charge on any atom is -0.386 e. The van der Waals surface area contributed by atoms with Crippen molar-refractivity contribution in [3.63, 3.8) is 0 Å². The van der Waals surface area contributed by atoms with Crippen LogP contribution in [0.1, 0.15) is 22.9 Å². The Morgan fingerprint density at radius 3 is 2.50 bits per heavy atom. The lowest BCUT2D eigenvalue weighted by atomic mass is 10.0. The van der Waals surface area contributed by atoms with Gasteiger partial charge in [0.05, 0.1) is 5.69 Å². The standard InChI is InChI=1S/C14H13Br2NO/c1-9-2-4-10(5-3-9)6-13(18)14-12(16)7-11(15)8-17-14/h2-5,7-8,13,18H,6H2,1H3. The quantitative estimate of drug-likeness (QED) is 0.878. The molecule has 0 saturated carbocycles. The molecule has 1 N–H and O–H groups in total. The molecule has 0 aliphatic heterocycles. The average molecular weight is 371 g/mol. The maximum absolute atomic E-state index is 10.2. The molecular weight excluding hydrogens is 358 g/mol. The van der Waals surface area contributed by atoms with Crippen molar-refractivity contribution < 1.29 is 5.11 Å². The molecule has 1 aromatic heterocycles. The predicted octanol–water partition coefficient (Wildman–Crippen LogP) is 4.19. The normalized spacial score (nSPS) is 12.4. The molecule has 2 nitrogen and oxygen atoms in total. The molecule has 0 fully saturated rings. The molecule has 4 heteroatoms. The molecule has 94 valence electrons. The van der Waals surface area contributed by atoms with Crippen LogP contribution in [0.25, 0.3) is 0 Å². The zero-order valence-corrected chi connectivity index (χ0v) is 13.1. The van der Waals surface area contributed by atoms with Gasteiger partial charge in [0.1, 0.15) is 6.10 Å². The van der Waals surface area contributed by atoms with E-state index in [9.17, 15) is 5.11 Å². The molecule has 0 bridgehead atoms. The zero-order valence-electron chi connectivity index (χ0n) is 9.90. The number of nitrogens with zero attached hydrogens (tertiary/aromatic N) is 1. The summed E-state index contributed by atoms with van der Waals surface area (Å²) in [7, 11) is 0. The van der Waals surface area contributed by atoms with Crippen LogP contribution in [0, 0.1) is 6.92 Å². The summed E-state index contributed by atoms with van der Waals surface area (Å²) in [6, 6.07) is 10.1. The van der Waals surface area contributed by atoms with Gasteiger partial charge in [0.25, 0.3) is 0 Å². The van der Waals surface area contributed by atoms with Gasteiger partial charge >= 0.3 is 0 Å². The molecule has 1 atom stereocenters. The first-order valence-corrected chi connectivity index (χ1v) is 7.19. The molecule has 2 rings (SSSR count). The van der Waals surface area contributed by atoms with Gasteiger partial charge in [-0.2, -0.15) is 0 Å². The van der Waals surface area contributed by atoms with Crippen molar-refractivity contribution in [2.24, 2.45) is 0 Å². The first-order chi connectivity index (χ1) is 8.56. The molecular formula is C14H13Br2NO. The maximum Gasteiger partial charge on any atom is 0.101 e. The van der Waals surface area contributed by atoms with Crippen molar-refractivity contribution in [1.82, 2.24) is 4.98 Å². The van der Waals surface area contributed by atoms with E-state index < -0.39 is 6.10 Å². The molecule has 0 radical (unpaired) electrons. The molecule has 0 saturated heterocycles. The van der Waals surface area contributed by atoms with E-state index in [1.807, 2.05) is 37.3 Å². The number of benzene rings is 1. The Morgan fingerprint density at radius 1 is 1.22 bits per heavy atom. The number of aliphatic hydroxyl groups is 1. The van der Waals surface area contributed by atoms with Crippen LogP contribution in [-0.2, 0) is 6.42 Å². The van der Waals surface area contributed by atoms with E-state index in [1.165, 1.54) is 5.56 Å². The molecule has 0 aliphatic rings. The van der Waals surface area contributed by atoms with Gasteiger partial charge in [-0.1, -0.05) is 29.8 Å². The summed E-state index contributed by atoms with van der Waals surface area (Å²) >= 11 is 6.77. The van der Waals surface area contributed by atoms with Crippen molar-refractivity contribution >= 4 is 31.9 Å². The van der Waals surface area contributed by atoms with Gasteiger partial charge in [0.15, 0.2) is 0 Å². The number of pyridine rings is 1. The van der Waals surface area contributed by atoms with E-state index in [-0.39, 0.29) is 0 Å². The van der Waals surface area contributed by atoms with E-state index in [0.29, 0.717) is 12.1 Å². The first kappa shape index (κ1) is 13.7. The molecule has 1 unspecified atom stereocenters. The van der Waals surface area contributed by atoms with Crippen LogP contribution in [0.3, 0.4) is 0 Å². The average Bonchev–Trinajstić information content (AvgIpc) is 2.32. The van der Waals surface area contributed by atoms with Crippen molar-refractivity contribution in [2.75, 3.05) is 0 Å². The Hall–Kier alpha value is -0.710. The van der Waals surface area contributed by atoms with Gasteiger partial charge in [0.2, 0.25) is 0 Å². The van der Waals surface area contributed by atoms with Crippen LogP contribution < -0.4 is 0 Å². The zero-order chi connectivity index (χ0) is 13.1. The van der Waals surface area contributed by atoms with E-state index in [2.05, 4.69) is 36.8 Å². The molecule has 1 heterocycles. The number of aliphatic hydroxyl groups excluding tert-OH is 1. The van der Waals surface area contributed by atoms with E-state index in [4.69, 9.17) is 0 Å². The molecule has 2 aromatic rings. The third-order valence-corrected chi connectivity index (χ3v) is 3.77. The van der Waals surface area contributed by atoms with Crippen molar-refractivity contribution in [3.8, 4) is 0 Å². The van der Waals surface area contributed by atoms with Gasteiger partial charge in [0, 0.05) is 21.6 Å². The van der Waals surface area contributed by atoms with Gasteiger partial charge in [-0.05, 0) is 50.4 Å². The number of rotatable bonds is 3. The molecule has 0 spiro atoms. The van der Waals surface area contributed by atoms with Crippen molar-refractivity contribution in [3.05, 3.63) is 62.3 Å². The molecule has 1 aromatic carbocycles. The van der Waals surface area contributed by atoms with Crippen LogP contribution in [-0.4, -0.2) is 10.1 Å². The van der Waals surface area contributed by atoms with E-state index >= 15 is 0 Å². The van der Waals surface area contributed by atoms with E-state index in [1.54, 1.807) is 6.20 Å². The Morgan fingerprint density at radius 2 is 1.89 bits per heavy atom. The first-order valence-electron chi connectivity index (χ1n) is 5.61. The lowest BCUT2D eigenvalue weighted by Gasteiger charge is -2.12. The fourth-order valence-corrected chi connectivity index (χ4v) is 2.97. The van der Waals surface area contributed by atoms with Gasteiger partial charge < -0.3 is 5.11 Å². The van der Waals surface area contributed by atoms with Crippen LogP contribution in [0.2, 0.25) is 0 Å². The summed E-state index contributed by atoms with van der Waals surface area (Å²) in [5.74, 6) is 0. The van der Waals surface area contributed by atoms with Crippen molar-refractivity contribution in [1.29, 1.82) is 0 Å². The third-order valence-electron chi connectivity index (χ3n) is 2.70. The fraction of sp³-hybridized carbons (Fsp3) is 0.214. The van der Waals surface area contributed by atoms with Crippen LogP contribution in [0.5, 0.6) is 0 Å². The second-order valence-electron chi connectivity index (χ2n) is 4.23. The number of aryl methyl sites for hydroxylation is 1. The number of aromatic nitrogens is 1. The Balaban J connectivity index is 2.16. The summed E-state index contributed by atoms with van der Waals surface area (Å²) in [5, 5.41) is 10.2. The highest BCUT2D eigenvalue weighted by Gasteiger charge is 2.13. The summed E-state index contributed by atoms with van der Waals surface area (Å²) < 4.78 is 1.71.